The van der Waals surface area contributed by atoms with Gasteiger partial charge in [0.15, 0.2) is 0 Å². The molecular weight excluding hydrogens is 264 g/mol. The van der Waals surface area contributed by atoms with Gasteiger partial charge < -0.3 is 15.7 Å². The minimum absolute atomic E-state index is 0.0646. The van der Waals surface area contributed by atoms with E-state index in [4.69, 9.17) is 0 Å². The fourth-order valence-corrected chi connectivity index (χ4v) is 2.03. The molecule has 0 aliphatic carbocycles. The fraction of sp³-hybridized carbons (Fsp3) is 0.235. The summed E-state index contributed by atoms with van der Waals surface area (Å²) in [6.45, 7) is 5.15. The number of aryl methyl sites for hydroxylation is 1. The number of hydrogen-bond acceptors (Lipinski definition) is 3. The van der Waals surface area contributed by atoms with Crippen molar-refractivity contribution in [2.24, 2.45) is 0 Å². The Labute approximate surface area is 124 Å². The van der Waals surface area contributed by atoms with Crippen molar-refractivity contribution >= 4 is 11.6 Å². The van der Waals surface area contributed by atoms with Crippen molar-refractivity contribution in [1.29, 1.82) is 0 Å². The van der Waals surface area contributed by atoms with Gasteiger partial charge in [0.05, 0.1) is 0 Å². The molecule has 21 heavy (non-hydrogen) atoms. The number of phenols is 1. The first-order chi connectivity index (χ1) is 10.1. The number of amides is 1. The van der Waals surface area contributed by atoms with E-state index in [1.54, 1.807) is 12.1 Å². The zero-order valence-electron chi connectivity index (χ0n) is 12.3. The molecule has 0 saturated carbocycles. The summed E-state index contributed by atoms with van der Waals surface area (Å²) >= 11 is 0. The molecule has 4 nitrogen and oxygen atoms in total. The largest absolute Gasteiger partial charge is 0.508 e. The number of benzene rings is 2. The number of nitrogens with one attached hydrogen (secondary N) is 2. The van der Waals surface area contributed by atoms with Gasteiger partial charge in [0, 0.05) is 24.3 Å². The molecule has 1 amide bonds. The molecule has 0 spiro atoms. The van der Waals surface area contributed by atoms with Crippen LogP contribution >= 0.6 is 0 Å². The van der Waals surface area contributed by atoms with E-state index in [2.05, 4.69) is 10.6 Å². The second kappa shape index (κ2) is 6.79. The number of anilines is 1. The maximum atomic E-state index is 11.9. The van der Waals surface area contributed by atoms with Crippen molar-refractivity contribution in [1.82, 2.24) is 5.32 Å². The van der Waals surface area contributed by atoms with Crippen molar-refractivity contribution < 1.29 is 9.90 Å². The van der Waals surface area contributed by atoms with Crippen molar-refractivity contribution in [3.05, 3.63) is 59.2 Å². The Bertz CT molecular complexity index is 621. The van der Waals surface area contributed by atoms with E-state index in [-0.39, 0.29) is 11.7 Å². The fourth-order valence-electron chi connectivity index (χ4n) is 2.03. The summed E-state index contributed by atoms with van der Waals surface area (Å²) in [5, 5.41) is 15.4. The van der Waals surface area contributed by atoms with E-state index in [9.17, 15) is 9.90 Å². The lowest BCUT2D eigenvalue weighted by atomic mass is 10.1. The van der Waals surface area contributed by atoms with Gasteiger partial charge in [0.25, 0.3) is 5.91 Å². The van der Waals surface area contributed by atoms with Gasteiger partial charge in [-0.3, -0.25) is 4.79 Å². The topological polar surface area (TPSA) is 61.4 Å². The monoisotopic (exact) mass is 284 g/mol. The Hall–Kier alpha value is -2.49. The number of carbonyl (C=O) groups excluding carboxylic acids is 1. The summed E-state index contributed by atoms with van der Waals surface area (Å²) in [5.74, 6) is 0.193. The van der Waals surface area contributed by atoms with Crippen LogP contribution in [0.15, 0.2) is 42.5 Å². The van der Waals surface area contributed by atoms with E-state index in [0.717, 1.165) is 16.8 Å². The third-order valence-corrected chi connectivity index (χ3v) is 3.26. The Morgan fingerprint density at radius 3 is 2.52 bits per heavy atom. The quantitative estimate of drug-likeness (QED) is 0.790. The van der Waals surface area contributed by atoms with Crippen LogP contribution in [0.2, 0.25) is 0 Å². The Morgan fingerprint density at radius 1 is 1.14 bits per heavy atom. The lowest BCUT2D eigenvalue weighted by Gasteiger charge is -2.12. The van der Waals surface area contributed by atoms with Crippen LogP contribution in [0, 0.1) is 6.92 Å². The summed E-state index contributed by atoms with van der Waals surface area (Å²) in [7, 11) is 0. The number of rotatable bonds is 5. The predicted molar refractivity (Wildman–Crippen MR) is 84.6 cm³/mol. The molecule has 0 aliphatic rings. The summed E-state index contributed by atoms with van der Waals surface area (Å²) in [6, 6.07) is 12.7. The normalized spacial score (nSPS) is 10.2. The minimum atomic E-state index is -0.0646. The van der Waals surface area contributed by atoms with Gasteiger partial charge in [0.2, 0.25) is 0 Å². The van der Waals surface area contributed by atoms with Gasteiger partial charge in [-0.15, -0.1) is 0 Å². The maximum absolute atomic E-state index is 11.9. The molecule has 2 aromatic carbocycles. The average Bonchev–Trinajstić information content (AvgIpc) is 2.48. The lowest BCUT2D eigenvalue weighted by Crippen LogP contribution is -2.22. The first-order valence-electron chi connectivity index (χ1n) is 7.00. The predicted octanol–water partition coefficient (Wildman–Crippen LogP) is 3.06. The standard InChI is InChI=1S/C17H20N2O2/c1-3-18-17(21)14-7-4-12(2)16(10-14)19-11-13-5-8-15(20)9-6-13/h4-10,19-20H,3,11H2,1-2H3,(H,18,21). The van der Waals surface area contributed by atoms with Crippen LogP contribution in [0.1, 0.15) is 28.4 Å². The highest BCUT2D eigenvalue weighted by Gasteiger charge is 2.07. The van der Waals surface area contributed by atoms with Crippen molar-refractivity contribution in [3.8, 4) is 5.75 Å². The van der Waals surface area contributed by atoms with Crippen LogP contribution < -0.4 is 10.6 Å². The molecule has 4 heteroatoms. The van der Waals surface area contributed by atoms with E-state index < -0.39 is 0 Å². The van der Waals surface area contributed by atoms with Gasteiger partial charge >= 0.3 is 0 Å². The second-order valence-electron chi connectivity index (χ2n) is 4.91. The zero-order chi connectivity index (χ0) is 15.2. The van der Waals surface area contributed by atoms with Crippen molar-refractivity contribution in [3.63, 3.8) is 0 Å². The SMILES string of the molecule is CCNC(=O)c1ccc(C)c(NCc2ccc(O)cc2)c1. The molecule has 0 radical (unpaired) electrons. The Kier molecular flexibility index (Phi) is 4.82. The van der Waals surface area contributed by atoms with E-state index in [1.165, 1.54) is 0 Å². The Morgan fingerprint density at radius 2 is 1.86 bits per heavy atom. The highest BCUT2D eigenvalue weighted by Crippen LogP contribution is 2.18. The highest BCUT2D eigenvalue weighted by molar-refractivity contribution is 5.95. The number of phenolic OH excluding ortho intramolecular Hbond substituents is 1. The van der Waals surface area contributed by atoms with Gasteiger partial charge in [-0.25, -0.2) is 0 Å². The number of aromatic hydroxyl groups is 1. The molecule has 110 valence electrons. The highest BCUT2D eigenvalue weighted by atomic mass is 16.3. The van der Waals surface area contributed by atoms with Crippen molar-refractivity contribution in [2.75, 3.05) is 11.9 Å². The van der Waals surface area contributed by atoms with Gasteiger partial charge in [-0.1, -0.05) is 18.2 Å². The van der Waals surface area contributed by atoms with E-state index in [0.29, 0.717) is 18.7 Å². The average molecular weight is 284 g/mol. The van der Waals surface area contributed by atoms with E-state index in [1.807, 2.05) is 44.2 Å². The zero-order valence-corrected chi connectivity index (χ0v) is 12.3. The maximum Gasteiger partial charge on any atom is 0.251 e. The molecule has 2 rings (SSSR count). The van der Waals surface area contributed by atoms with E-state index >= 15 is 0 Å². The molecule has 0 atom stereocenters. The third-order valence-electron chi connectivity index (χ3n) is 3.26. The van der Waals surface area contributed by atoms with Gasteiger partial charge in [-0.2, -0.15) is 0 Å². The summed E-state index contributed by atoms with van der Waals surface area (Å²) in [4.78, 5) is 11.9. The van der Waals surface area contributed by atoms with Crippen molar-refractivity contribution in [2.45, 2.75) is 20.4 Å². The second-order valence-corrected chi connectivity index (χ2v) is 4.91. The first-order valence-corrected chi connectivity index (χ1v) is 7.00. The third kappa shape index (κ3) is 3.99. The van der Waals surface area contributed by atoms with Crippen LogP contribution in [-0.4, -0.2) is 17.6 Å². The molecule has 0 heterocycles. The van der Waals surface area contributed by atoms with Crippen LogP contribution in [0.25, 0.3) is 0 Å². The molecule has 0 saturated heterocycles. The minimum Gasteiger partial charge on any atom is -0.508 e. The van der Waals surface area contributed by atoms with Crippen LogP contribution in [0.5, 0.6) is 5.75 Å². The van der Waals surface area contributed by atoms with Gasteiger partial charge in [-0.05, 0) is 49.2 Å². The molecule has 0 aliphatic heterocycles. The molecule has 0 fully saturated rings. The smallest absolute Gasteiger partial charge is 0.251 e. The molecular formula is C17H20N2O2. The summed E-state index contributed by atoms with van der Waals surface area (Å²) in [6.07, 6.45) is 0. The lowest BCUT2D eigenvalue weighted by molar-refractivity contribution is 0.0956. The first kappa shape index (κ1) is 14.9. The van der Waals surface area contributed by atoms with Gasteiger partial charge in [0.1, 0.15) is 5.75 Å². The number of carbonyl (C=O) groups is 1. The van der Waals surface area contributed by atoms with Crippen LogP contribution in [0.3, 0.4) is 0 Å². The van der Waals surface area contributed by atoms with Crippen LogP contribution in [-0.2, 0) is 6.54 Å². The summed E-state index contributed by atoms with van der Waals surface area (Å²) < 4.78 is 0. The molecule has 0 aromatic heterocycles. The molecule has 0 bridgehead atoms. The molecule has 0 unspecified atom stereocenters. The summed E-state index contributed by atoms with van der Waals surface area (Å²) in [5.41, 5.74) is 3.74. The molecule has 2 aromatic rings. The molecule has 3 N–H and O–H groups in total. The number of hydrogen-bond donors (Lipinski definition) is 3. The Balaban J connectivity index is 2.10. The van der Waals surface area contributed by atoms with Crippen LogP contribution in [0.4, 0.5) is 5.69 Å².